The molecule has 1 atom stereocenters. The smallest absolute Gasteiger partial charge is 0.0928 e. The highest BCUT2D eigenvalue weighted by molar-refractivity contribution is 6.31. The van der Waals surface area contributed by atoms with Gasteiger partial charge in [-0.2, -0.15) is 0 Å². The maximum atomic E-state index is 9.79. The first-order valence-electron chi connectivity index (χ1n) is 4.57. The molecule has 0 fully saturated rings. The Morgan fingerprint density at radius 2 is 2.13 bits per heavy atom. The van der Waals surface area contributed by atoms with E-state index >= 15 is 0 Å². The zero-order chi connectivity index (χ0) is 11.3. The van der Waals surface area contributed by atoms with Crippen LogP contribution < -0.4 is 5.32 Å². The predicted molar refractivity (Wildman–Crippen MR) is 64.3 cm³/mol. The van der Waals surface area contributed by atoms with Crippen LogP contribution in [0.3, 0.4) is 0 Å². The van der Waals surface area contributed by atoms with E-state index in [-0.39, 0.29) is 0 Å². The van der Waals surface area contributed by atoms with Crippen molar-refractivity contribution in [3.05, 3.63) is 46.5 Å². The molecule has 0 spiro atoms. The van der Waals surface area contributed by atoms with Crippen LogP contribution in [0.5, 0.6) is 0 Å². The second-order valence-corrected chi connectivity index (χ2v) is 4.13. The van der Waals surface area contributed by atoms with E-state index in [1.54, 1.807) is 12.1 Å². The maximum Gasteiger partial charge on any atom is 0.0928 e. The summed E-state index contributed by atoms with van der Waals surface area (Å²) in [6.45, 7) is 4.41. The first-order valence-corrected chi connectivity index (χ1v) is 5.33. The van der Waals surface area contributed by atoms with Crippen molar-refractivity contribution in [3.8, 4) is 0 Å². The summed E-state index contributed by atoms with van der Waals surface area (Å²) in [5.41, 5.74) is 0.715. The normalized spacial score (nSPS) is 12.5. The van der Waals surface area contributed by atoms with Crippen molar-refractivity contribution in [1.82, 2.24) is 5.32 Å². The Morgan fingerprint density at radius 3 is 2.73 bits per heavy atom. The van der Waals surface area contributed by atoms with Crippen LogP contribution in [0.1, 0.15) is 11.7 Å². The fraction of sp³-hybridized carbons (Fsp3) is 0.273. The molecule has 1 aromatic rings. The number of aliphatic hydroxyl groups excluding tert-OH is 1. The molecule has 15 heavy (non-hydrogen) atoms. The van der Waals surface area contributed by atoms with E-state index < -0.39 is 6.10 Å². The Labute approximate surface area is 99.5 Å². The fourth-order valence-corrected chi connectivity index (χ4v) is 1.56. The lowest BCUT2D eigenvalue weighted by molar-refractivity contribution is 0.176. The summed E-state index contributed by atoms with van der Waals surface area (Å²) in [4.78, 5) is 0. The molecule has 2 nitrogen and oxygen atoms in total. The molecule has 0 saturated carbocycles. The molecule has 0 saturated heterocycles. The topological polar surface area (TPSA) is 32.3 Å². The van der Waals surface area contributed by atoms with Crippen molar-refractivity contribution in [2.45, 2.75) is 6.10 Å². The Balaban J connectivity index is 2.50. The lowest BCUT2D eigenvalue weighted by atomic mass is 10.1. The largest absolute Gasteiger partial charge is 0.387 e. The van der Waals surface area contributed by atoms with Gasteiger partial charge >= 0.3 is 0 Å². The molecule has 0 radical (unpaired) electrons. The quantitative estimate of drug-likeness (QED) is 0.837. The number of hydrogen-bond acceptors (Lipinski definition) is 2. The zero-order valence-electron chi connectivity index (χ0n) is 8.21. The number of benzene rings is 1. The van der Waals surface area contributed by atoms with Gasteiger partial charge in [0.2, 0.25) is 0 Å². The highest BCUT2D eigenvalue weighted by Crippen LogP contribution is 2.21. The predicted octanol–water partition coefficient (Wildman–Crippen LogP) is 2.72. The summed E-state index contributed by atoms with van der Waals surface area (Å²) in [5.74, 6) is 0. The van der Waals surface area contributed by atoms with Gasteiger partial charge in [-0.05, 0) is 6.07 Å². The van der Waals surface area contributed by atoms with E-state index in [1.165, 1.54) is 0 Å². The van der Waals surface area contributed by atoms with Gasteiger partial charge in [0.1, 0.15) is 0 Å². The second-order valence-electron chi connectivity index (χ2n) is 3.19. The Hall–Kier alpha value is -0.540. The molecule has 0 aromatic heterocycles. The average molecular weight is 246 g/mol. The summed E-state index contributed by atoms with van der Waals surface area (Å²) < 4.78 is 0. The summed E-state index contributed by atoms with van der Waals surface area (Å²) >= 11 is 11.5. The van der Waals surface area contributed by atoms with E-state index in [9.17, 15) is 5.11 Å². The van der Waals surface area contributed by atoms with Crippen molar-refractivity contribution in [1.29, 1.82) is 0 Å². The van der Waals surface area contributed by atoms with E-state index in [4.69, 9.17) is 23.2 Å². The van der Waals surface area contributed by atoms with Gasteiger partial charge < -0.3 is 10.4 Å². The maximum absolute atomic E-state index is 9.79. The van der Waals surface area contributed by atoms with Crippen molar-refractivity contribution < 1.29 is 5.11 Å². The van der Waals surface area contributed by atoms with Gasteiger partial charge in [-0.25, -0.2) is 0 Å². The van der Waals surface area contributed by atoms with Crippen molar-refractivity contribution in [2.24, 2.45) is 0 Å². The molecule has 1 unspecified atom stereocenters. The lowest BCUT2D eigenvalue weighted by Crippen LogP contribution is -2.22. The first kappa shape index (κ1) is 12.5. The molecule has 1 rings (SSSR count). The molecule has 82 valence electrons. The molecule has 4 heteroatoms. The molecule has 0 aliphatic heterocycles. The minimum Gasteiger partial charge on any atom is -0.387 e. The SMILES string of the molecule is C=C(Cl)CNCC(O)c1ccccc1Cl. The van der Waals surface area contributed by atoms with E-state index in [1.807, 2.05) is 12.1 Å². The summed E-state index contributed by atoms with van der Waals surface area (Å²) in [6.07, 6.45) is -0.630. The Bertz CT molecular complexity index is 341. The van der Waals surface area contributed by atoms with Crippen LogP contribution in [0, 0.1) is 0 Å². The van der Waals surface area contributed by atoms with Gasteiger partial charge in [-0.1, -0.05) is 48.0 Å². The molecule has 0 amide bonds. The highest BCUT2D eigenvalue weighted by Gasteiger charge is 2.09. The summed E-state index contributed by atoms with van der Waals surface area (Å²) in [5, 5.41) is 13.8. The minimum atomic E-state index is -0.630. The Morgan fingerprint density at radius 1 is 1.47 bits per heavy atom. The van der Waals surface area contributed by atoms with Crippen LogP contribution >= 0.6 is 23.2 Å². The van der Waals surface area contributed by atoms with Crippen molar-refractivity contribution >= 4 is 23.2 Å². The third-order valence-corrected chi connectivity index (χ3v) is 2.40. The van der Waals surface area contributed by atoms with Gasteiger partial charge in [0.15, 0.2) is 0 Å². The van der Waals surface area contributed by atoms with Crippen LogP contribution in [-0.4, -0.2) is 18.2 Å². The van der Waals surface area contributed by atoms with E-state index in [0.29, 0.717) is 28.7 Å². The summed E-state index contributed by atoms with van der Waals surface area (Å²) in [7, 11) is 0. The molecule has 0 bridgehead atoms. The first-order chi connectivity index (χ1) is 7.11. The molecule has 0 aliphatic carbocycles. The standard InChI is InChI=1S/C11H13Cl2NO/c1-8(12)6-14-7-11(15)9-4-2-3-5-10(9)13/h2-5,11,14-15H,1,6-7H2. The molecule has 2 N–H and O–H groups in total. The van der Waals surface area contributed by atoms with Crippen LogP contribution in [-0.2, 0) is 0 Å². The molecular weight excluding hydrogens is 233 g/mol. The van der Waals surface area contributed by atoms with Crippen LogP contribution in [0.15, 0.2) is 35.9 Å². The van der Waals surface area contributed by atoms with E-state index in [0.717, 1.165) is 0 Å². The molecule has 0 aliphatic rings. The number of nitrogens with one attached hydrogen (secondary N) is 1. The highest BCUT2D eigenvalue weighted by atomic mass is 35.5. The van der Waals surface area contributed by atoms with Crippen LogP contribution in [0.4, 0.5) is 0 Å². The Kier molecular flexibility index (Phi) is 5.12. The van der Waals surface area contributed by atoms with Crippen molar-refractivity contribution in [2.75, 3.05) is 13.1 Å². The van der Waals surface area contributed by atoms with E-state index in [2.05, 4.69) is 11.9 Å². The number of rotatable bonds is 5. The molecular formula is C11H13Cl2NO. The second kappa shape index (κ2) is 6.13. The van der Waals surface area contributed by atoms with Gasteiger partial charge in [-0.15, -0.1) is 0 Å². The number of hydrogen-bond donors (Lipinski definition) is 2. The third kappa shape index (κ3) is 4.22. The monoisotopic (exact) mass is 245 g/mol. The third-order valence-electron chi connectivity index (χ3n) is 1.92. The van der Waals surface area contributed by atoms with Crippen LogP contribution in [0.2, 0.25) is 5.02 Å². The summed E-state index contributed by atoms with van der Waals surface area (Å²) in [6, 6.07) is 7.21. The molecule has 1 aromatic carbocycles. The number of aliphatic hydroxyl groups is 1. The number of halogens is 2. The van der Waals surface area contributed by atoms with Gasteiger partial charge in [0.05, 0.1) is 6.10 Å². The van der Waals surface area contributed by atoms with Gasteiger partial charge in [0, 0.05) is 28.7 Å². The van der Waals surface area contributed by atoms with Crippen LogP contribution in [0.25, 0.3) is 0 Å². The fourth-order valence-electron chi connectivity index (χ4n) is 1.20. The lowest BCUT2D eigenvalue weighted by Gasteiger charge is -2.13. The zero-order valence-corrected chi connectivity index (χ0v) is 9.72. The minimum absolute atomic E-state index is 0.398. The molecule has 0 heterocycles. The van der Waals surface area contributed by atoms with Crippen molar-refractivity contribution in [3.63, 3.8) is 0 Å². The van der Waals surface area contributed by atoms with Gasteiger partial charge in [0.25, 0.3) is 0 Å². The van der Waals surface area contributed by atoms with Gasteiger partial charge in [-0.3, -0.25) is 0 Å². The average Bonchev–Trinajstić information content (AvgIpc) is 2.17.